The minimum atomic E-state index is -3.99. The predicted octanol–water partition coefficient (Wildman–Crippen LogP) is 0.453. The standard InChI is InChI=1S/C12H17N5O4S/c1-4-17-8(2)9(5-14-17)7-16(3)22(20,21)11-10(12(18)19)6-13-15-11/h5-6H,4,7H2,1-3H3,(H,13,15)(H,18,19). The Bertz CT molecular complexity index is 792. The van der Waals surface area contributed by atoms with Crippen molar-refractivity contribution < 1.29 is 18.3 Å². The molecule has 0 saturated carbocycles. The lowest BCUT2D eigenvalue weighted by atomic mass is 10.2. The number of hydrogen-bond donors (Lipinski definition) is 2. The third kappa shape index (κ3) is 2.74. The van der Waals surface area contributed by atoms with Crippen LogP contribution in [0.25, 0.3) is 0 Å². The summed E-state index contributed by atoms with van der Waals surface area (Å²) in [6, 6.07) is 0. The number of rotatable bonds is 6. The van der Waals surface area contributed by atoms with Gasteiger partial charge in [0.25, 0.3) is 10.0 Å². The third-order valence-corrected chi connectivity index (χ3v) is 5.18. The fraction of sp³-hybridized carbons (Fsp3) is 0.417. The van der Waals surface area contributed by atoms with Crippen LogP contribution in [0, 0.1) is 6.92 Å². The van der Waals surface area contributed by atoms with Gasteiger partial charge in [0.2, 0.25) is 0 Å². The number of aromatic nitrogens is 4. The highest BCUT2D eigenvalue weighted by Crippen LogP contribution is 2.19. The Morgan fingerprint density at radius 3 is 2.68 bits per heavy atom. The van der Waals surface area contributed by atoms with Crippen molar-refractivity contribution in [3.63, 3.8) is 0 Å². The van der Waals surface area contributed by atoms with Gasteiger partial charge in [0.1, 0.15) is 5.56 Å². The largest absolute Gasteiger partial charge is 0.478 e. The lowest BCUT2D eigenvalue weighted by molar-refractivity contribution is 0.0692. The zero-order valence-electron chi connectivity index (χ0n) is 12.4. The molecule has 0 atom stereocenters. The van der Waals surface area contributed by atoms with Crippen molar-refractivity contribution in [1.29, 1.82) is 0 Å². The number of nitrogens with one attached hydrogen (secondary N) is 1. The molecule has 0 unspecified atom stereocenters. The minimum absolute atomic E-state index is 0.0895. The summed E-state index contributed by atoms with van der Waals surface area (Å²) in [5, 5.41) is 18.5. The van der Waals surface area contributed by atoms with Gasteiger partial charge >= 0.3 is 5.97 Å². The highest BCUT2D eigenvalue weighted by atomic mass is 32.2. The van der Waals surface area contributed by atoms with Crippen molar-refractivity contribution in [2.75, 3.05) is 7.05 Å². The van der Waals surface area contributed by atoms with Crippen molar-refractivity contribution >= 4 is 16.0 Å². The number of nitrogens with zero attached hydrogens (tertiary/aromatic N) is 4. The fourth-order valence-electron chi connectivity index (χ4n) is 2.06. The lowest BCUT2D eigenvalue weighted by Gasteiger charge is -2.16. The number of carbonyl (C=O) groups is 1. The molecule has 0 spiro atoms. The number of sulfonamides is 1. The van der Waals surface area contributed by atoms with Crippen LogP contribution in [0.1, 0.15) is 28.5 Å². The summed E-state index contributed by atoms with van der Waals surface area (Å²) in [5.74, 6) is -1.35. The van der Waals surface area contributed by atoms with Crippen LogP contribution in [-0.4, -0.2) is 50.8 Å². The number of hydrogen-bond acceptors (Lipinski definition) is 5. The lowest BCUT2D eigenvalue weighted by Crippen LogP contribution is -2.28. The van der Waals surface area contributed by atoms with Gasteiger partial charge in [0.05, 0.1) is 12.4 Å². The highest BCUT2D eigenvalue weighted by molar-refractivity contribution is 7.89. The van der Waals surface area contributed by atoms with Crippen LogP contribution < -0.4 is 0 Å². The number of carboxylic acid groups (broad SMARTS) is 1. The van der Waals surface area contributed by atoms with E-state index in [9.17, 15) is 13.2 Å². The molecule has 0 radical (unpaired) electrons. The molecule has 0 aliphatic heterocycles. The Kier molecular flexibility index (Phi) is 4.33. The van der Waals surface area contributed by atoms with E-state index in [1.165, 1.54) is 7.05 Å². The molecule has 0 amide bonds. The van der Waals surface area contributed by atoms with Gasteiger partial charge in [0, 0.05) is 31.4 Å². The van der Waals surface area contributed by atoms with Crippen LogP contribution in [0.15, 0.2) is 17.4 Å². The molecule has 0 fully saturated rings. The molecule has 120 valence electrons. The molecule has 10 heteroatoms. The van der Waals surface area contributed by atoms with Crippen molar-refractivity contribution in [2.45, 2.75) is 32.0 Å². The van der Waals surface area contributed by atoms with Gasteiger partial charge in [-0.25, -0.2) is 13.2 Å². The third-order valence-electron chi connectivity index (χ3n) is 3.40. The normalized spacial score (nSPS) is 12.0. The molecule has 2 rings (SSSR count). The summed E-state index contributed by atoms with van der Waals surface area (Å²) in [6.07, 6.45) is 2.58. The van der Waals surface area contributed by atoms with Gasteiger partial charge in [-0.3, -0.25) is 9.78 Å². The van der Waals surface area contributed by atoms with Gasteiger partial charge in [-0.1, -0.05) is 0 Å². The smallest absolute Gasteiger partial charge is 0.340 e. The van der Waals surface area contributed by atoms with E-state index < -0.39 is 21.0 Å². The van der Waals surface area contributed by atoms with Crippen molar-refractivity contribution in [3.8, 4) is 0 Å². The molecular weight excluding hydrogens is 310 g/mol. The molecule has 22 heavy (non-hydrogen) atoms. The van der Waals surface area contributed by atoms with E-state index in [4.69, 9.17) is 5.11 Å². The van der Waals surface area contributed by atoms with E-state index in [2.05, 4.69) is 15.3 Å². The first-order valence-corrected chi connectivity index (χ1v) is 7.97. The molecule has 0 bridgehead atoms. The summed E-state index contributed by atoms with van der Waals surface area (Å²) in [5.41, 5.74) is 1.24. The number of carboxylic acids is 1. The zero-order valence-corrected chi connectivity index (χ0v) is 13.3. The maximum atomic E-state index is 12.5. The molecule has 2 aromatic heterocycles. The van der Waals surface area contributed by atoms with Gasteiger partial charge in [-0.15, -0.1) is 0 Å². The van der Waals surface area contributed by atoms with Crippen LogP contribution in [0.5, 0.6) is 0 Å². The Labute approximate surface area is 127 Å². The first-order chi connectivity index (χ1) is 10.3. The Morgan fingerprint density at radius 1 is 1.45 bits per heavy atom. The molecule has 2 N–H and O–H groups in total. The number of aromatic amines is 1. The predicted molar refractivity (Wildman–Crippen MR) is 76.8 cm³/mol. The van der Waals surface area contributed by atoms with E-state index in [0.717, 1.165) is 21.8 Å². The number of H-pyrrole nitrogens is 1. The molecule has 2 aromatic rings. The van der Waals surface area contributed by atoms with Gasteiger partial charge in [0.15, 0.2) is 5.03 Å². The topological polar surface area (TPSA) is 121 Å². The van der Waals surface area contributed by atoms with Crippen LogP contribution in [0.3, 0.4) is 0 Å². The van der Waals surface area contributed by atoms with Gasteiger partial charge in [-0.2, -0.15) is 14.5 Å². The average Bonchev–Trinajstić information content (AvgIpc) is 3.07. The Hall–Kier alpha value is -2.20. The van der Waals surface area contributed by atoms with E-state index in [1.807, 2.05) is 13.8 Å². The van der Waals surface area contributed by atoms with Gasteiger partial charge < -0.3 is 5.11 Å². The molecule has 0 aliphatic carbocycles. The second kappa shape index (κ2) is 5.89. The van der Waals surface area contributed by atoms with E-state index >= 15 is 0 Å². The SMILES string of the molecule is CCn1ncc(CN(C)S(=O)(=O)c2[nH]ncc2C(=O)O)c1C. The van der Waals surface area contributed by atoms with Crippen LogP contribution in [0.4, 0.5) is 0 Å². The van der Waals surface area contributed by atoms with Crippen molar-refractivity contribution in [3.05, 3.63) is 29.2 Å². The molecule has 2 heterocycles. The number of aryl methyl sites for hydroxylation is 1. The van der Waals surface area contributed by atoms with E-state index in [-0.39, 0.29) is 12.1 Å². The summed E-state index contributed by atoms with van der Waals surface area (Å²) < 4.78 is 27.8. The summed E-state index contributed by atoms with van der Waals surface area (Å²) in [4.78, 5) is 11.1. The quantitative estimate of drug-likeness (QED) is 0.794. The summed E-state index contributed by atoms with van der Waals surface area (Å²) in [7, 11) is -2.61. The second-order valence-corrected chi connectivity index (χ2v) is 6.73. The van der Waals surface area contributed by atoms with Gasteiger partial charge in [-0.05, 0) is 13.8 Å². The fourth-order valence-corrected chi connectivity index (χ4v) is 3.27. The monoisotopic (exact) mass is 327 g/mol. The number of aromatic carboxylic acids is 1. The Morgan fingerprint density at radius 2 is 2.14 bits per heavy atom. The van der Waals surface area contributed by atoms with Crippen molar-refractivity contribution in [2.24, 2.45) is 0 Å². The molecule has 0 aromatic carbocycles. The van der Waals surface area contributed by atoms with Crippen LogP contribution >= 0.6 is 0 Å². The first-order valence-electron chi connectivity index (χ1n) is 6.53. The maximum Gasteiger partial charge on any atom is 0.340 e. The second-order valence-electron chi connectivity index (χ2n) is 4.75. The average molecular weight is 327 g/mol. The minimum Gasteiger partial charge on any atom is -0.478 e. The van der Waals surface area contributed by atoms with Crippen LogP contribution in [0.2, 0.25) is 0 Å². The molecular formula is C12H17N5O4S. The zero-order chi connectivity index (χ0) is 16.5. The highest BCUT2D eigenvalue weighted by Gasteiger charge is 2.29. The maximum absolute atomic E-state index is 12.5. The molecule has 0 aliphatic rings. The van der Waals surface area contributed by atoms with E-state index in [0.29, 0.717) is 6.54 Å². The Balaban J connectivity index is 2.31. The molecule has 0 saturated heterocycles. The van der Waals surface area contributed by atoms with Crippen molar-refractivity contribution in [1.82, 2.24) is 24.3 Å². The van der Waals surface area contributed by atoms with E-state index in [1.54, 1.807) is 10.9 Å². The molecule has 9 nitrogen and oxygen atoms in total. The summed E-state index contributed by atoms with van der Waals surface area (Å²) >= 11 is 0. The summed E-state index contributed by atoms with van der Waals surface area (Å²) in [6.45, 7) is 4.57. The first kappa shape index (κ1) is 16.2. The van der Waals surface area contributed by atoms with Crippen LogP contribution in [-0.2, 0) is 23.1 Å².